The molecule has 0 fully saturated rings. The van der Waals surface area contributed by atoms with Crippen LogP contribution in [0, 0.1) is 0 Å². The van der Waals surface area contributed by atoms with Crippen LogP contribution < -0.4 is 5.73 Å². The number of hydrogen-bond donors (Lipinski definition) is 2. The fraction of sp³-hybridized carbons (Fsp3) is 0.200. The molecule has 1 rings (SSSR count). The number of Topliss-reactive ketones (excluding diaryl/α,β-unsaturated/α-hetero) is 2. The van der Waals surface area contributed by atoms with Gasteiger partial charge >= 0.3 is 0 Å². The molecule has 0 saturated carbocycles. The van der Waals surface area contributed by atoms with Crippen LogP contribution in [-0.2, 0) is 0 Å². The van der Waals surface area contributed by atoms with Crippen molar-refractivity contribution in [3.8, 4) is 5.75 Å². The van der Waals surface area contributed by atoms with Gasteiger partial charge in [0.2, 0.25) is 0 Å². The number of anilines is 1. The molecule has 0 radical (unpaired) electrons. The summed E-state index contributed by atoms with van der Waals surface area (Å²) in [6.07, 6.45) is 0. The van der Waals surface area contributed by atoms with Gasteiger partial charge in [-0.2, -0.15) is 0 Å². The van der Waals surface area contributed by atoms with E-state index in [9.17, 15) is 14.7 Å². The summed E-state index contributed by atoms with van der Waals surface area (Å²) in [6.45, 7) is 2.67. The quantitative estimate of drug-likeness (QED) is 0.549. The van der Waals surface area contributed by atoms with Gasteiger partial charge in [-0.1, -0.05) is 0 Å². The highest BCUT2D eigenvalue weighted by Gasteiger charge is 2.12. The van der Waals surface area contributed by atoms with Crippen molar-refractivity contribution in [3.63, 3.8) is 0 Å². The molecule has 1 aromatic carbocycles. The number of benzene rings is 1. The van der Waals surface area contributed by atoms with Crippen molar-refractivity contribution in [2.24, 2.45) is 0 Å². The predicted octanol–water partition coefficient (Wildman–Crippen LogP) is 1.38. The van der Waals surface area contributed by atoms with Gasteiger partial charge in [0.25, 0.3) is 0 Å². The van der Waals surface area contributed by atoms with Crippen LogP contribution in [0.2, 0.25) is 0 Å². The second kappa shape index (κ2) is 3.49. The molecule has 0 saturated heterocycles. The Kier molecular flexibility index (Phi) is 2.56. The molecule has 14 heavy (non-hydrogen) atoms. The second-order valence-electron chi connectivity index (χ2n) is 3.07. The van der Waals surface area contributed by atoms with Gasteiger partial charge in [0.15, 0.2) is 11.6 Å². The van der Waals surface area contributed by atoms with Crippen LogP contribution in [0.1, 0.15) is 34.6 Å². The number of ketones is 2. The second-order valence-corrected chi connectivity index (χ2v) is 3.07. The van der Waals surface area contributed by atoms with Crippen LogP contribution in [0.25, 0.3) is 0 Å². The number of carbonyl (C=O) groups is 2. The Labute approximate surface area is 81.3 Å². The highest BCUT2D eigenvalue weighted by molar-refractivity contribution is 6.04. The minimum atomic E-state index is -0.301. The highest BCUT2D eigenvalue weighted by Crippen LogP contribution is 2.25. The first kappa shape index (κ1) is 10.2. The third-order valence-electron chi connectivity index (χ3n) is 1.93. The van der Waals surface area contributed by atoms with Crippen molar-refractivity contribution in [2.75, 3.05) is 5.73 Å². The minimum Gasteiger partial charge on any atom is -0.507 e. The molecule has 0 atom stereocenters. The largest absolute Gasteiger partial charge is 0.507 e. The molecular formula is C10H11NO3. The van der Waals surface area contributed by atoms with Gasteiger partial charge in [0, 0.05) is 17.3 Å². The van der Waals surface area contributed by atoms with E-state index in [0.717, 1.165) is 0 Å². The molecule has 74 valence electrons. The average Bonchev–Trinajstić information content (AvgIpc) is 2.02. The Morgan fingerprint density at radius 3 is 2.07 bits per heavy atom. The molecule has 0 heterocycles. The summed E-state index contributed by atoms with van der Waals surface area (Å²) in [7, 11) is 0. The summed E-state index contributed by atoms with van der Waals surface area (Å²) < 4.78 is 0. The zero-order chi connectivity index (χ0) is 10.9. The summed E-state index contributed by atoms with van der Waals surface area (Å²) in [5.41, 5.74) is 6.05. The van der Waals surface area contributed by atoms with Crippen molar-refractivity contribution >= 4 is 17.3 Å². The van der Waals surface area contributed by atoms with E-state index in [0.29, 0.717) is 0 Å². The van der Waals surface area contributed by atoms with E-state index in [1.54, 1.807) is 0 Å². The SMILES string of the molecule is CC(=O)c1cc(C(C)=O)c(O)cc1N. The molecule has 0 unspecified atom stereocenters. The summed E-state index contributed by atoms with van der Waals surface area (Å²) in [5.74, 6) is -0.727. The smallest absolute Gasteiger partial charge is 0.163 e. The maximum atomic E-state index is 11.1. The van der Waals surface area contributed by atoms with Crippen LogP contribution in [0.4, 0.5) is 5.69 Å². The summed E-state index contributed by atoms with van der Waals surface area (Å²) in [4.78, 5) is 22.1. The third kappa shape index (κ3) is 1.74. The number of hydrogen-bond acceptors (Lipinski definition) is 4. The Bertz CT molecular complexity index is 375. The standard InChI is InChI=1S/C10H11NO3/c1-5(12)7-3-8(6(2)13)10(14)4-9(7)11/h3-4,14H,11H2,1-2H3. The van der Waals surface area contributed by atoms with Gasteiger partial charge in [-0.3, -0.25) is 9.59 Å². The minimum absolute atomic E-state index is 0.115. The number of rotatable bonds is 2. The summed E-state index contributed by atoms with van der Waals surface area (Å²) >= 11 is 0. The summed E-state index contributed by atoms with van der Waals surface area (Å²) in [6, 6.07) is 2.53. The number of phenolic OH excluding ortho intramolecular Hbond substituents is 1. The molecule has 4 heteroatoms. The van der Waals surface area contributed by atoms with Gasteiger partial charge in [0.1, 0.15) is 5.75 Å². The van der Waals surface area contributed by atoms with Crippen molar-refractivity contribution in [1.82, 2.24) is 0 Å². The van der Waals surface area contributed by atoms with Crippen LogP contribution in [0.5, 0.6) is 5.75 Å². The van der Waals surface area contributed by atoms with E-state index >= 15 is 0 Å². The van der Waals surface area contributed by atoms with Crippen LogP contribution in [0.3, 0.4) is 0 Å². The zero-order valence-corrected chi connectivity index (χ0v) is 8.00. The normalized spacial score (nSPS) is 9.86. The van der Waals surface area contributed by atoms with Gasteiger partial charge in [0.05, 0.1) is 5.56 Å². The molecule has 4 nitrogen and oxygen atoms in total. The van der Waals surface area contributed by atoms with E-state index in [1.165, 1.54) is 26.0 Å². The lowest BCUT2D eigenvalue weighted by atomic mass is 10.0. The molecule has 0 aliphatic carbocycles. The van der Waals surface area contributed by atoms with E-state index in [1.807, 2.05) is 0 Å². The first-order valence-corrected chi connectivity index (χ1v) is 4.08. The van der Waals surface area contributed by atoms with Crippen LogP contribution in [-0.4, -0.2) is 16.7 Å². The lowest BCUT2D eigenvalue weighted by Gasteiger charge is -2.06. The Morgan fingerprint density at radius 2 is 1.64 bits per heavy atom. The van der Waals surface area contributed by atoms with Crippen molar-refractivity contribution in [3.05, 3.63) is 23.3 Å². The third-order valence-corrected chi connectivity index (χ3v) is 1.93. The number of phenols is 1. The maximum Gasteiger partial charge on any atom is 0.163 e. The molecule has 0 bridgehead atoms. The van der Waals surface area contributed by atoms with Crippen molar-refractivity contribution < 1.29 is 14.7 Å². The van der Waals surface area contributed by atoms with Gasteiger partial charge in [-0.05, 0) is 19.9 Å². The van der Waals surface area contributed by atoms with E-state index in [2.05, 4.69) is 0 Å². The molecule has 0 amide bonds. The number of nitrogens with two attached hydrogens (primary N) is 1. The Hall–Kier alpha value is -1.84. The molecule has 1 aromatic rings. The number of carbonyl (C=O) groups excluding carboxylic acids is 2. The monoisotopic (exact) mass is 193 g/mol. The lowest BCUT2D eigenvalue weighted by molar-refractivity contribution is 0.101. The fourth-order valence-electron chi connectivity index (χ4n) is 1.19. The molecule has 0 aromatic heterocycles. The van der Waals surface area contributed by atoms with Crippen LogP contribution in [0.15, 0.2) is 12.1 Å². The van der Waals surface area contributed by atoms with Gasteiger partial charge < -0.3 is 10.8 Å². The average molecular weight is 193 g/mol. The van der Waals surface area contributed by atoms with Crippen LogP contribution >= 0.6 is 0 Å². The predicted molar refractivity (Wildman–Crippen MR) is 52.5 cm³/mol. The molecular weight excluding hydrogens is 182 g/mol. The van der Waals surface area contributed by atoms with E-state index < -0.39 is 0 Å². The molecule has 0 aliphatic rings. The van der Waals surface area contributed by atoms with E-state index in [-0.39, 0.29) is 34.1 Å². The molecule has 0 aliphatic heterocycles. The topological polar surface area (TPSA) is 80.4 Å². The molecule has 0 spiro atoms. The molecule has 3 N–H and O–H groups in total. The van der Waals surface area contributed by atoms with E-state index in [4.69, 9.17) is 5.73 Å². The number of nitrogen functional groups attached to an aromatic ring is 1. The van der Waals surface area contributed by atoms with Crippen molar-refractivity contribution in [2.45, 2.75) is 13.8 Å². The highest BCUT2D eigenvalue weighted by atomic mass is 16.3. The maximum absolute atomic E-state index is 11.1. The first-order chi connectivity index (χ1) is 6.43. The Balaban J connectivity index is 3.42. The number of aromatic hydroxyl groups is 1. The zero-order valence-electron chi connectivity index (χ0n) is 8.00. The van der Waals surface area contributed by atoms with Gasteiger partial charge in [-0.25, -0.2) is 0 Å². The first-order valence-electron chi connectivity index (χ1n) is 4.08. The Morgan fingerprint density at radius 1 is 1.14 bits per heavy atom. The van der Waals surface area contributed by atoms with Crippen molar-refractivity contribution in [1.29, 1.82) is 0 Å². The van der Waals surface area contributed by atoms with Gasteiger partial charge in [-0.15, -0.1) is 0 Å². The fourth-order valence-corrected chi connectivity index (χ4v) is 1.19. The lowest BCUT2D eigenvalue weighted by Crippen LogP contribution is -2.03. The summed E-state index contributed by atoms with van der Waals surface area (Å²) in [5, 5.41) is 9.36.